The van der Waals surface area contributed by atoms with E-state index in [2.05, 4.69) is 5.32 Å². The summed E-state index contributed by atoms with van der Waals surface area (Å²) in [5.74, 6) is -0.826. The van der Waals surface area contributed by atoms with Gasteiger partial charge in [-0.2, -0.15) is 0 Å². The normalized spacial score (nSPS) is 18.2. The van der Waals surface area contributed by atoms with Crippen molar-refractivity contribution in [2.45, 2.75) is 26.7 Å². The van der Waals surface area contributed by atoms with Crippen molar-refractivity contribution in [1.82, 2.24) is 5.32 Å². The molecule has 1 heterocycles. The quantitative estimate of drug-likeness (QED) is 0.707. The Bertz CT molecular complexity index is 225. The van der Waals surface area contributed by atoms with Gasteiger partial charge in [0.25, 0.3) is 0 Å². The van der Waals surface area contributed by atoms with Crippen molar-refractivity contribution in [3.8, 4) is 0 Å². The average Bonchev–Trinajstić information content (AvgIpc) is 2.32. The van der Waals surface area contributed by atoms with Crippen molar-refractivity contribution in [3.05, 3.63) is 16.0 Å². The monoisotopic (exact) mass is 186 g/mol. The van der Waals surface area contributed by atoms with E-state index in [4.69, 9.17) is 5.11 Å². The predicted molar refractivity (Wildman–Crippen MR) is 49.2 cm³/mol. The van der Waals surface area contributed by atoms with Crippen LogP contribution in [-0.4, -0.2) is 11.1 Å². The fourth-order valence-corrected chi connectivity index (χ4v) is 1.95. The van der Waals surface area contributed by atoms with E-state index >= 15 is 0 Å². The molecule has 0 spiro atoms. The van der Waals surface area contributed by atoms with Gasteiger partial charge in [0, 0.05) is 5.70 Å². The van der Waals surface area contributed by atoms with Gasteiger partial charge in [0.05, 0.1) is 0 Å². The highest BCUT2D eigenvalue weighted by molar-refractivity contribution is 8.06. The molecule has 2 N–H and O–H groups in total. The average molecular weight is 186 g/mol. The van der Waals surface area contributed by atoms with Crippen LogP contribution in [0.15, 0.2) is 10.6 Å². The second-order valence-electron chi connectivity index (χ2n) is 2.65. The molecule has 0 atom stereocenters. The molecule has 4 heteroatoms. The molecule has 1 radical (unpaired) electrons. The molecule has 1 rings (SSSR count). The first-order valence-corrected chi connectivity index (χ1v) is 4.71. The first kappa shape index (κ1) is 9.45. The second-order valence-corrected chi connectivity index (χ2v) is 3.87. The van der Waals surface area contributed by atoms with Gasteiger partial charge in [-0.25, -0.2) is 4.79 Å². The minimum atomic E-state index is -0.826. The number of aliphatic carboxylic acids is 1. The third-order valence-corrected chi connectivity index (χ3v) is 2.58. The van der Waals surface area contributed by atoms with E-state index in [0.29, 0.717) is 4.91 Å². The SMILES string of the molecule is CCCC1=C(C(=O)O)S[C](C)N1. The highest BCUT2D eigenvalue weighted by Crippen LogP contribution is 2.36. The molecule has 0 aromatic heterocycles. The van der Waals surface area contributed by atoms with Crippen LogP contribution in [0.2, 0.25) is 0 Å². The topological polar surface area (TPSA) is 49.3 Å². The van der Waals surface area contributed by atoms with Crippen molar-refractivity contribution in [1.29, 1.82) is 0 Å². The van der Waals surface area contributed by atoms with Crippen molar-refractivity contribution in [3.63, 3.8) is 0 Å². The van der Waals surface area contributed by atoms with Crippen molar-refractivity contribution in [2.24, 2.45) is 0 Å². The summed E-state index contributed by atoms with van der Waals surface area (Å²) in [5.41, 5.74) is 0.854. The first-order chi connectivity index (χ1) is 5.65. The lowest BCUT2D eigenvalue weighted by atomic mass is 10.2. The Morgan fingerprint density at radius 1 is 1.67 bits per heavy atom. The third kappa shape index (κ3) is 1.94. The Morgan fingerprint density at radius 2 is 2.33 bits per heavy atom. The molecule has 3 nitrogen and oxygen atoms in total. The fraction of sp³-hybridized carbons (Fsp3) is 0.500. The molecule has 0 bridgehead atoms. The van der Waals surface area contributed by atoms with Gasteiger partial charge in [0.1, 0.15) is 10.3 Å². The van der Waals surface area contributed by atoms with Crippen LogP contribution < -0.4 is 5.32 Å². The lowest BCUT2D eigenvalue weighted by Crippen LogP contribution is -2.10. The predicted octanol–water partition coefficient (Wildman–Crippen LogP) is 1.93. The summed E-state index contributed by atoms with van der Waals surface area (Å²) in [5, 5.41) is 12.8. The van der Waals surface area contributed by atoms with Gasteiger partial charge >= 0.3 is 5.97 Å². The lowest BCUT2D eigenvalue weighted by Gasteiger charge is -2.03. The standard InChI is InChI=1S/C8H12NO2S/c1-3-4-6-7(8(10)11)12-5(2)9-6/h9H,3-4H2,1-2H3,(H,10,11). The van der Waals surface area contributed by atoms with Crippen LogP contribution in [0, 0.1) is 5.37 Å². The summed E-state index contributed by atoms with van der Waals surface area (Å²) in [6.45, 7) is 3.92. The summed E-state index contributed by atoms with van der Waals surface area (Å²) < 4.78 is 0. The molecule has 0 aromatic carbocycles. The number of carbonyl (C=O) groups is 1. The Hall–Kier alpha value is -0.640. The number of carboxylic acids is 1. The Balaban J connectivity index is 2.74. The number of nitrogens with one attached hydrogen (secondary N) is 1. The molecule has 0 saturated carbocycles. The van der Waals surface area contributed by atoms with Crippen LogP contribution in [0.1, 0.15) is 26.7 Å². The number of rotatable bonds is 3. The molecule has 0 saturated heterocycles. The summed E-state index contributed by atoms with van der Waals surface area (Å²) in [7, 11) is 0. The van der Waals surface area contributed by atoms with Gasteiger partial charge in [-0.05, 0) is 13.3 Å². The van der Waals surface area contributed by atoms with E-state index in [1.54, 1.807) is 0 Å². The van der Waals surface area contributed by atoms with E-state index < -0.39 is 5.97 Å². The van der Waals surface area contributed by atoms with E-state index in [9.17, 15) is 4.79 Å². The van der Waals surface area contributed by atoms with Crippen LogP contribution in [0.4, 0.5) is 0 Å². The van der Waals surface area contributed by atoms with Gasteiger partial charge in [-0.15, -0.1) is 0 Å². The minimum absolute atomic E-state index is 0.453. The highest BCUT2D eigenvalue weighted by Gasteiger charge is 2.25. The van der Waals surface area contributed by atoms with Crippen molar-refractivity contribution < 1.29 is 9.90 Å². The van der Waals surface area contributed by atoms with Crippen molar-refractivity contribution in [2.75, 3.05) is 0 Å². The van der Waals surface area contributed by atoms with E-state index in [-0.39, 0.29) is 0 Å². The zero-order chi connectivity index (χ0) is 9.14. The molecule has 0 unspecified atom stereocenters. The molecule has 0 fully saturated rings. The Kier molecular flexibility index (Phi) is 3.03. The maximum atomic E-state index is 10.7. The van der Waals surface area contributed by atoms with Crippen LogP contribution in [0.25, 0.3) is 0 Å². The second kappa shape index (κ2) is 3.85. The van der Waals surface area contributed by atoms with Crippen LogP contribution in [-0.2, 0) is 4.79 Å². The fourth-order valence-electron chi connectivity index (χ4n) is 1.11. The molecule has 12 heavy (non-hydrogen) atoms. The Labute approximate surface area is 76.2 Å². The number of thioether (sulfide) groups is 1. The minimum Gasteiger partial charge on any atom is -0.477 e. The molecule has 1 aliphatic rings. The molecular weight excluding hydrogens is 174 g/mol. The largest absolute Gasteiger partial charge is 0.477 e. The highest BCUT2D eigenvalue weighted by atomic mass is 32.2. The number of hydrogen-bond acceptors (Lipinski definition) is 3. The zero-order valence-corrected chi connectivity index (χ0v) is 7.99. The lowest BCUT2D eigenvalue weighted by molar-refractivity contribution is -0.131. The van der Waals surface area contributed by atoms with Crippen LogP contribution in [0.3, 0.4) is 0 Å². The van der Waals surface area contributed by atoms with Gasteiger partial charge in [-0.3, -0.25) is 0 Å². The van der Waals surface area contributed by atoms with E-state index in [1.807, 2.05) is 13.8 Å². The maximum Gasteiger partial charge on any atom is 0.344 e. The number of hydrogen-bond donors (Lipinski definition) is 2. The third-order valence-electron chi connectivity index (χ3n) is 1.55. The summed E-state index contributed by atoms with van der Waals surface area (Å²) in [6.07, 6.45) is 1.78. The zero-order valence-electron chi connectivity index (χ0n) is 7.18. The maximum absolute atomic E-state index is 10.7. The number of allylic oxidation sites excluding steroid dienone is 1. The molecule has 0 aliphatic carbocycles. The molecule has 0 amide bonds. The van der Waals surface area contributed by atoms with Gasteiger partial charge in [-0.1, -0.05) is 25.1 Å². The first-order valence-electron chi connectivity index (χ1n) is 3.90. The van der Waals surface area contributed by atoms with Crippen LogP contribution >= 0.6 is 11.8 Å². The molecule has 1 aliphatic heterocycles. The van der Waals surface area contributed by atoms with Crippen LogP contribution in [0.5, 0.6) is 0 Å². The van der Waals surface area contributed by atoms with Gasteiger partial charge < -0.3 is 10.4 Å². The molecule has 67 valence electrons. The van der Waals surface area contributed by atoms with E-state index in [0.717, 1.165) is 23.9 Å². The smallest absolute Gasteiger partial charge is 0.344 e. The molecular formula is C8H12NO2S. The van der Waals surface area contributed by atoms with Crippen molar-refractivity contribution >= 4 is 17.7 Å². The Morgan fingerprint density at radius 3 is 2.83 bits per heavy atom. The van der Waals surface area contributed by atoms with Gasteiger partial charge in [0.15, 0.2) is 0 Å². The summed E-state index contributed by atoms with van der Waals surface area (Å²) in [4.78, 5) is 11.2. The van der Waals surface area contributed by atoms with E-state index in [1.165, 1.54) is 11.8 Å². The summed E-state index contributed by atoms with van der Waals surface area (Å²) in [6, 6.07) is 0. The number of carboxylic acid groups (broad SMARTS) is 1. The molecule has 0 aromatic rings. The van der Waals surface area contributed by atoms with Gasteiger partial charge in [0.2, 0.25) is 0 Å². The summed E-state index contributed by atoms with van der Waals surface area (Å²) >= 11 is 1.31.